The molecule has 0 bridgehead atoms. The van der Waals surface area contributed by atoms with Crippen LogP contribution in [0.3, 0.4) is 0 Å². The van der Waals surface area contributed by atoms with Crippen LogP contribution in [0.15, 0.2) is 24.3 Å². The van der Waals surface area contributed by atoms with Crippen molar-refractivity contribution in [3.05, 3.63) is 29.8 Å². The Morgan fingerprint density at radius 1 is 1.29 bits per heavy atom. The summed E-state index contributed by atoms with van der Waals surface area (Å²) in [6, 6.07) is 7.95. The highest BCUT2D eigenvalue weighted by Crippen LogP contribution is 2.32. The van der Waals surface area contributed by atoms with Gasteiger partial charge in [-0.05, 0) is 37.0 Å². The lowest BCUT2D eigenvalue weighted by Gasteiger charge is -2.35. The van der Waals surface area contributed by atoms with Gasteiger partial charge >= 0.3 is 6.09 Å². The summed E-state index contributed by atoms with van der Waals surface area (Å²) in [6.45, 7) is 1.44. The van der Waals surface area contributed by atoms with E-state index in [2.05, 4.69) is 0 Å². The number of benzene rings is 1. The minimum atomic E-state index is -0.264. The molecule has 0 radical (unpaired) electrons. The zero-order valence-electron chi connectivity index (χ0n) is 12.7. The lowest BCUT2D eigenvalue weighted by Crippen LogP contribution is -2.39. The summed E-state index contributed by atoms with van der Waals surface area (Å²) in [7, 11) is 3.24. The number of hydrogen-bond acceptors (Lipinski definition) is 4. The summed E-state index contributed by atoms with van der Waals surface area (Å²) in [6.07, 6.45) is 2.82. The van der Waals surface area contributed by atoms with Crippen LogP contribution in [0.25, 0.3) is 0 Å². The lowest BCUT2D eigenvalue weighted by atomic mass is 9.95. The van der Waals surface area contributed by atoms with Gasteiger partial charge in [-0.25, -0.2) is 4.79 Å². The first-order valence-electron chi connectivity index (χ1n) is 7.32. The van der Waals surface area contributed by atoms with E-state index in [1.54, 1.807) is 14.2 Å². The minimum Gasteiger partial charge on any atom is -0.497 e. The van der Waals surface area contributed by atoms with Crippen LogP contribution in [0.2, 0.25) is 0 Å². The molecular weight excluding hydrogens is 270 g/mol. The number of carbonyl (C=O) groups excluding carboxylic acids is 1. The van der Waals surface area contributed by atoms with E-state index in [-0.39, 0.29) is 18.7 Å². The summed E-state index contributed by atoms with van der Waals surface area (Å²) in [5.74, 6) is 0.811. The summed E-state index contributed by atoms with van der Waals surface area (Å²) >= 11 is 0. The first-order valence-corrected chi connectivity index (χ1v) is 7.32. The average molecular weight is 293 g/mol. The Hall–Kier alpha value is -1.75. The van der Waals surface area contributed by atoms with E-state index in [1.165, 1.54) is 0 Å². The SMILES string of the molecule is COCCOC(=O)N1CCCC[C@@H]1c1cccc(OC)c1. The molecule has 116 valence electrons. The van der Waals surface area contributed by atoms with Gasteiger partial charge in [0.2, 0.25) is 0 Å². The average Bonchev–Trinajstić information content (AvgIpc) is 2.55. The van der Waals surface area contributed by atoms with Crippen LogP contribution >= 0.6 is 0 Å². The standard InChI is InChI=1S/C16H23NO4/c1-19-10-11-21-16(18)17-9-4-3-8-15(17)13-6-5-7-14(12-13)20-2/h5-7,12,15H,3-4,8-11H2,1-2H3/t15-/m1/s1. The molecular formula is C16H23NO4. The van der Waals surface area contributed by atoms with Gasteiger partial charge in [-0.15, -0.1) is 0 Å². The van der Waals surface area contributed by atoms with E-state index in [4.69, 9.17) is 14.2 Å². The summed E-state index contributed by atoms with van der Waals surface area (Å²) in [5, 5.41) is 0. The van der Waals surface area contributed by atoms with Gasteiger partial charge in [0.15, 0.2) is 0 Å². The maximum atomic E-state index is 12.2. The van der Waals surface area contributed by atoms with Crippen LogP contribution in [0.5, 0.6) is 5.75 Å². The third-order valence-corrected chi connectivity index (χ3v) is 3.73. The molecule has 1 aromatic carbocycles. The van der Waals surface area contributed by atoms with E-state index in [1.807, 2.05) is 29.2 Å². The molecule has 0 aliphatic carbocycles. The van der Waals surface area contributed by atoms with Crippen molar-refractivity contribution in [3.8, 4) is 5.75 Å². The number of carbonyl (C=O) groups is 1. The molecule has 1 aromatic rings. The molecule has 0 aromatic heterocycles. The van der Waals surface area contributed by atoms with Gasteiger partial charge in [-0.3, -0.25) is 0 Å². The van der Waals surface area contributed by atoms with Crippen LogP contribution in [-0.4, -0.2) is 45.0 Å². The molecule has 1 aliphatic heterocycles. The molecule has 1 amide bonds. The maximum absolute atomic E-state index is 12.2. The normalized spacial score (nSPS) is 18.4. The van der Waals surface area contributed by atoms with E-state index in [0.29, 0.717) is 6.61 Å². The van der Waals surface area contributed by atoms with Crippen molar-refractivity contribution < 1.29 is 19.0 Å². The van der Waals surface area contributed by atoms with Gasteiger partial charge < -0.3 is 19.1 Å². The van der Waals surface area contributed by atoms with Crippen LogP contribution in [-0.2, 0) is 9.47 Å². The van der Waals surface area contributed by atoms with Crippen LogP contribution < -0.4 is 4.74 Å². The second kappa shape index (κ2) is 7.88. The summed E-state index contributed by atoms with van der Waals surface area (Å²) < 4.78 is 15.4. The van der Waals surface area contributed by atoms with Crippen molar-refractivity contribution in [2.75, 3.05) is 34.0 Å². The number of piperidine rings is 1. The van der Waals surface area contributed by atoms with Crippen molar-refractivity contribution in [2.24, 2.45) is 0 Å². The molecule has 0 spiro atoms. The molecule has 5 nitrogen and oxygen atoms in total. The zero-order chi connectivity index (χ0) is 15.1. The number of ether oxygens (including phenoxy) is 3. The molecule has 0 saturated carbocycles. The van der Waals surface area contributed by atoms with E-state index in [9.17, 15) is 4.79 Å². The monoisotopic (exact) mass is 293 g/mol. The van der Waals surface area contributed by atoms with Gasteiger partial charge in [0, 0.05) is 13.7 Å². The van der Waals surface area contributed by atoms with E-state index < -0.39 is 0 Å². The Kier molecular flexibility index (Phi) is 5.87. The van der Waals surface area contributed by atoms with Gasteiger partial charge in [0.05, 0.1) is 19.8 Å². The van der Waals surface area contributed by atoms with Crippen molar-refractivity contribution >= 4 is 6.09 Å². The smallest absolute Gasteiger partial charge is 0.410 e. The highest BCUT2D eigenvalue weighted by molar-refractivity contribution is 5.68. The predicted molar refractivity (Wildman–Crippen MR) is 79.5 cm³/mol. The van der Waals surface area contributed by atoms with Crippen LogP contribution in [0.4, 0.5) is 4.79 Å². The quantitative estimate of drug-likeness (QED) is 0.783. The molecule has 0 N–H and O–H groups in total. The lowest BCUT2D eigenvalue weighted by molar-refractivity contribution is 0.0522. The molecule has 1 aliphatic rings. The Morgan fingerprint density at radius 2 is 2.14 bits per heavy atom. The number of amides is 1. The van der Waals surface area contributed by atoms with E-state index in [0.717, 1.165) is 37.1 Å². The largest absolute Gasteiger partial charge is 0.497 e. The number of nitrogens with zero attached hydrogens (tertiary/aromatic N) is 1. The van der Waals surface area contributed by atoms with Crippen molar-refractivity contribution in [2.45, 2.75) is 25.3 Å². The Balaban J connectivity index is 2.08. The van der Waals surface area contributed by atoms with Crippen LogP contribution in [0, 0.1) is 0 Å². The van der Waals surface area contributed by atoms with E-state index >= 15 is 0 Å². The fourth-order valence-corrected chi connectivity index (χ4v) is 2.64. The first kappa shape index (κ1) is 15.6. The minimum absolute atomic E-state index is 0.0592. The van der Waals surface area contributed by atoms with Gasteiger partial charge in [-0.1, -0.05) is 12.1 Å². The van der Waals surface area contributed by atoms with Gasteiger partial charge in [-0.2, -0.15) is 0 Å². The first-order chi connectivity index (χ1) is 10.3. The number of methoxy groups -OCH3 is 2. The maximum Gasteiger partial charge on any atom is 0.410 e. The molecule has 1 atom stereocenters. The Bertz CT molecular complexity index is 463. The second-order valence-electron chi connectivity index (χ2n) is 5.09. The Morgan fingerprint density at radius 3 is 2.90 bits per heavy atom. The number of hydrogen-bond donors (Lipinski definition) is 0. The fourth-order valence-electron chi connectivity index (χ4n) is 2.64. The molecule has 1 saturated heterocycles. The zero-order valence-corrected chi connectivity index (χ0v) is 12.7. The predicted octanol–water partition coefficient (Wildman–Crippen LogP) is 3.01. The second-order valence-corrected chi connectivity index (χ2v) is 5.09. The van der Waals surface area contributed by atoms with Crippen molar-refractivity contribution in [1.29, 1.82) is 0 Å². The molecule has 1 fully saturated rings. The number of rotatable bonds is 5. The van der Waals surface area contributed by atoms with Gasteiger partial charge in [0.1, 0.15) is 12.4 Å². The topological polar surface area (TPSA) is 48.0 Å². The van der Waals surface area contributed by atoms with Crippen molar-refractivity contribution in [3.63, 3.8) is 0 Å². The van der Waals surface area contributed by atoms with Crippen LogP contribution in [0.1, 0.15) is 30.9 Å². The van der Waals surface area contributed by atoms with Gasteiger partial charge in [0.25, 0.3) is 0 Å². The molecule has 2 rings (SSSR count). The fraction of sp³-hybridized carbons (Fsp3) is 0.562. The highest BCUT2D eigenvalue weighted by atomic mass is 16.6. The molecule has 1 heterocycles. The Labute approximate surface area is 125 Å². The summed E-state index contributed by atoms with van der Waals surface area (Å²) in [5.41, 5.74) is 1.10. The molecule has 21 heavy (non-hydrogen) atoms. The summed E-state index contributed by atoms with van der Waals surface area (Å²) in [4.78, 5) is 14.0. The molecule has 5 heteroatoms. The highest BCUT2D eigenvalue weighted by Gasteiger charge is 2.29. The molecule has 0 unspecified atom stereocenters. The number of likely N-dealkylation sites (tertiary alicyclic amines) is 1. The van der Waals surface area contributed by atoms with Crippen molar-refractivity contribution in [1.82, 2.24) is 4.90 Å². The third-order valence-electron chi connectivity index (χ3n) is 3.73. The third kappa shape index (κ3) is 4.11.